The van der Waals surface area contributed by atoms with Crippen LogP contribution < -0.4 is 5.73 Å². The van der Waals surface area contributed by atoms with Gasteiger partial charge in [-0.2, -0.15) is 0 Å². The normalized spacial score (nSPS) is 37.9. The van der Waals surface area contributed by atoms with Gasteiger partial charge in [0.15, 0.2) is 21.6 Å². The van der Waals surface area contributed by atoms with E-state index in [2.05, 4.69) is 28.8 Å². The summed E-state index contributed by atoms with van der Waals surface area (Å²) in [6.45, 7) is 3.96. The van der Waals surface area contributed by atoms with Crippen LogP contribution in [0.2, 0.25) is 0 Å². The monoisotopic (exact) mass is 465 g/mol. The summed E-state index contributed by atoms with van der Waals surface area (Å²) in [6.07, 6.45) is -2.34. The van der Waals surface area contributed by atoms with Crippen LogP contribution in [0.15, 0.2) is 15.0 Å². The maximum atomic E-state index is 10.3. The number of aliphatic hydroxyl groups is 3. The Bertz CT molecular complexity index is 623. The molecule has 1 fully saturated rings. The Balaban J connectivity index is 1.91. The molecule has 3 aliphatic rings. The van der Waals surface area contributed by atoms with Crippen LogP contribution in [0.4, 0.5) is 0 Å². The van der Waals surface area contributed by atoms with Gasteiger partial charge in [0.2, 0.25) is 0 Å². The molecule has 140 valence electrons. The number of nitrogens with two attached hydrogens (primary N) is 1. The maximum Gasteiger partial charge on any atom is 0.190 e. The minimum Gasteiger partial charge on any atom is -0.394 e. The van der Waals surface area contributed by atoms with Crippen LogP contribution >= 0.6 is 22.6 Å². The van der Waals surface area contributed by atoms with E-state index < -0.39 is 30.2 Å². The number of nitrogens with zero attached hydrogens (tertiary/aromatic N) is 4. The number of halogens is 1. The summed E-state index contributed by atoms with van der Waals surface area (Å²) in [6, 6.07) is 0. The average Bonchev–Trinajstić information content (AvgIpc) is 3.11. The highest BCUT2D eigenvalue weighted by Crippen LogP contribution is 2.34. The highest BCUT2D eigenvalue weighted by atomic mass is 127. The van der Waals surface area contributed by atoms with Gasteiger partial charge in [-0.3, -0.25) is 4.99 Å². The molecule has 3 heterocycles. The fourth-order valence-electron chi connectivity index (χ4n) is 3.70. The first-order valence-electron chi connectivity index (χ1n) is 8.44. The van der Waals surface area contributed by atoms with Crippen molar-refractivity contribution in [1.29, 1.82) is 0 Å². The number of ether oxygens (including phenoxy) is 1. The second kappa shape index (κ2) is 7.16. The van der Waals surface area contributed by atoms with E-state index in [4.69, 9.17) is 10.5 Å². The molecule has 25 heavy (non-hydrogen) atoms. The van der Waals surface area contributed by atoms with Gasteiger partial charge in [0.25, 0.3) is 0 Å². The molecule has 9 nitrogen and oxygen atoms in total. The molecule has 0 aromatic heterocycles. The zero-order chi connectivity index (χ0) is 18.4. The summed E-state index contributed by atoms with van der Waals surface area (Å²) < 4.78 is 6.14. The minimum atomic E-state index is -1.17. The number of hydrogen-bond donors (Lipinski definition) is 4. The van der Waals surface area contributed by atoms with Crippen molar-refractivity contribution in [1.82, 2.24) is 4.90 Å². The molecule has 1 unspecified atom stereocenters. The molecule has 0 spiro atoms. The molecule has 0 saturated carbocycles. The van der Waals surface area contributed by atoms with Crippen LogP contribution in [0, 0.1) is 5.92 Å². The van der Waals surface area contributed by atoms with Gasteiger partial charge in [0.05, 0.1) is 6.61 Å². The zero-order valence-electron chi connectivity index (χ0n) is 14.2. The van der Waals surface area contributed by atoms with Crippen molar-refractivity contribution in [2.45, 2.75) is 56.9 Å². The van der Waals surface area contributed by atoms with E-state index >= 15 is 0 Å². The first-order valence-corrected chi connectivity index (χ1v) is 9.52. The van der Waals surface area contributed by atoms with Crippen molar-refractivity contribution >= 4 is 38.0 Å². The SMILES string of the molecule is CCC(CC)C1(N)N=C(I)N=C2C1=NCN2[C@@H]1O[C@H](CO)[C@@H](O)[C@H]1O. The third-order valence-corrected chi connectivity index (χ3v) is 5.63. The molecule has 0 amide bonds. The van der Waals surface area contributed by atoms with Crippen LogP contribution in [-0.4, -0.2) is 79.1 Å². The van der Waals surface area contributed by atoms with E-state index in [1.54, 1.807) is 4.90 Å². The number of rotatable bonds is 5. The number of aliphatic hydroxyl groups excluding tert-OH is 3. The molecule has 0 radical (unpaired) electrons. The van der Waals surface area contributed by atoms with Crippen molar-refractivity contribution < 1.29 is 20.1 Å². The predicted molar refractivity (Wildman–Crippen MR) is 102 cm³/mol. The summed E-state index contributed by atoms with van der Waals surface area (Å²) >= 11 is 2.03. The van der Waals surface area contributed by atoms with E-state index in [0.717, 1.165) is 12.8 Å². The Hall–Kier alpha value is -0.660. The second-order valence-electron chi connectivity index (χ2n) is 6.50. The third-order valence-electron chi connectivity index (χ3n) is 5.15. The van der Waals surface area contributed by atoms with Crippen molar-refractivity contribution in [2.24, 2.45) is 26.6 Å². The van der Waals surface area contributed by atoms with Crippen molar-refractivity contribution in [3.63, 3.8) is 0 Å². The molecular formula is C15H24IN5O4. The van der Waals surface area contributed by atoms with Crippen LogP contribution in [0.3, 0.4) is 0 Å². The molecule has 1 saturated heterocycles. The molecule has 0 aromatic carbocycles. The molecular weight excluding hydrogens is 441 g/mol. The van der Waals surface area contributed by atoms with Gasteiger partial charge in [-0.05, 0) is 12.8 Å². The highest BCUT2D eigenvalue weighted by molar-refractivity contribution is 14.1. The summed E-state index contributed by atoms with van der Waals surface area (Å²) in [7, 11) is 0. The molecule has 3 rings (SSSR count). The van der Waals surface area contributed by atoms with Crippen LogP contribution in [0.5, 0.6) is 0 Å². The standard InChI is InChI=1S/C15H24IN5O4/c1-3-7(4-2)15(17)11-12(19-14(16)20-15)21(6-18-11)13-10(24)9(23)8(5-22)25-13/h7-10,13,22-24H,3-6,17H2,1-2H3/t8-,9-,10-,13-,15?/m1/s1. The van der Waals surface area contributed by atoms with Gasteiger partial charge in [-0.15, -0.1) is 0 Å². The number of aliphatic imine (C=N–C) groups is 3. The molecule has 0 bridgehead atoms. The van der Waals surface area contributed by atoms with Crippen molar-refractivity contribution in [3.8, 4) is 0 Å². The molecule has 5 atom stereocenters. The highest BCUT2D eigenvalue weighted by Gasteiger charge is 2.52. The lowest BCUT2D eigenvalue weighted by molar-refractivity contribution is -0.0688. The Morgan fingerprint density at radius 1 is 1.36 bits per heavy atom. The first kappa shape index (κ1) is 19.1. The van der Waals surface area contributed by atoms with Gasteiger partial charge in [0.1, 0.15) is 30.7 Å². The summed E-state index contributed by atoms with van der Waals surface area (Å²) in [5.41, 5.74) is 6.27. The Kier molecular flexibility index (Phi) is 5.47. The van der Waals surface area contributed by atoms with E-state index in [-0.39, 0.29) is 19.2 Å². The average molecular weight is 465 g/mol. The Labute approximate surface area is 159 Å². The van der Waals surface area contributed by atoms with E-state index in [1.807, 2.05) is 22.6 Å². The first-order chi connectivity index (χ1) is 11.9. The number of amidine groups is 2. The summed E-state index contributed by atoms with van der Waals surface area (Å²) in [4.78, 5) is 15.2. The van der Waals surface area contributed by atoms with E-state index in [1.165, 1.54) is 0 Å². The lowest BCUT2D eigenvalue weighted by atomic mass is 9.84. The summed E-state index contributed by atoms with van der Waals surface area (Å²) in [5, 5.41) is 29.6. The summed E-state index contributed by atoms with van der Waals surface area (Å²) in [5.74, 6) is 0.621. The third kappa shape index (κ3) is 3.02. The predicted octanol–water partition coefficient (Wildman–Crippen LogP) is -0.566. The molecule has 0 aliphatic carbocycles. The molecule has 5 N–H and O–H groups in total. The Morgan fingerprint density at radius 3 is 2.60 bits per heavy atom. The van der Waals surface area contributed by atoms with Gasteiger partial charge < -0.3 is 30.7 Å². The van der Waals surface area contributed by atoms with Crippen LogP contribution in [0.25, 0.3) is 0 Å². The topological polar surface area (TPSA) is 136 Å². The van der Waals surface area contributed by atoms with Crippen molar-refractivity contribution in [2.75, 3.05) is 13.3 Å². The van der Waals surface area contributed by atoms with Crippen molar-refractivity contribution in [3.05, 3.63) is 0 Å². The molecule has 3 aliphatic heterocycles. The van der Waals surface area contributed by atoms with Gasteiger partial charge in [0, 0.05) is 28.5 Å². The van der Waals surface area contributed by atoms with Crippen LogP contribution in [0.1, 0.15) is 26.7 Å². The fraction of sp³-hybridized carbons (Fsp3) is 0.800. The molecule has 0 aromatic rings. The Morgan fingerprint density at radius 2 is 2.04 bits per heavy atom. The smallest absolute Gasteiger partial charge is 0.190 e. The van der Waals surface area contributed by atoms with E-state index in [9.17, 15) is 15.3 Å². The lowest BCUT2D eigenvalue weighted by Gasteiger charge is -2.37. The van der Waals surface area contributed by atoms with Gasteiger partial charge >= 0.3 is 0 Å². The van der Waals surface area contributed by atoms with Crippen LogP contribution in [-0.2, 0) is 4.74 Å². The number of fused-ring (bicyclic) bond motifs is 1. The molecule has 10 heteroatoms. The van der Waals surface area contributed by atoms with E-state index in [0.29, 0.717) is 15.4 Å². The quantitative estimate of drug-likeness (QED) is 0.317. The van der Waals surface area contributed by atoms with Gasteiger partial charge in [-0.25, -0.2) is 9.98 Å². The van der Waals surface area contributed by atoms with Gasteiger partial charge in [-0.1, -0.05) is 13.8 Å². The second-order valence-corrected chi connectivity index (χ2v) is 7.47. The zero-order valence-corrected chi connectivity index (χ0v) is 16.4. The number of hydrogen-bond acceptors (Lipinski definition) is 9. The lowest BCUT2D eigenvalue weighted by Crippen LogP contribution is -2.59. The fourth-order valence-corrected chi connectivity index (χ4v) is 4.32. The largest absolute Gasteiger partial charge is 0.394 e. The minimum absolute atomic E-state index is 0.103. The maximum absolute atomic E-state index is 10.3.